The van der Waals surface area contributed by atoms with E-state index in [1.807, 2.05) is 6.33 Å². The second kappa shape index (κ2) is 6.94. The molecule has 1 saturated carbocycles. The van der Waals surface area contributed by atoms with Gasteiger partial charge >= 0.3 is 0 Å². The predicted molar refractivity (Wildman–Crippen MR) is 147 cm³/mol. The molecule has 5 heteroatoms. The lowest BCUT2D eigenvalue weighted by molar-refractivity contribution is -0.703. The first-order chi connectivity index (χ1) is 18.0. The number of ether oxygens (including phenoxy) is 1. The quantitative estimate of drug-likeness (QED) is 0.238. The zero-order valence-corrected chi connectivity index (χ0v) is 21.4. The van der Waals surface area contributed by atoms with Crippen LogP contribution in [-0.4, -0.2) is 27.6 Å². The number of hydrogen-bond donors (Lipinski definition) is 1. The van der Waals surface area contributed by atoms with E-state index in [1.165, 1.54) is 43.6 Å². The van der Waals surface area contributed by atoms with E-state index in [0.29, 0.717) is 5.92 Å². The van der Waals surface area contributed by atoms with Crippen LogP contribution < -0.4 is 4.57 Å². The van der Waals surface area contributed by atoms with Crippen LogP contribution >= 0.6 is 0 Å². The van der Waals surface area contributed by atoms with Crippen LogP contribution in [0.2, 0.25) is 0 Å². The van der Waals surface area contributed by atoms with Crippen LogP contribution in [0.1, 0.15) is 42.9 Å². The average Bonchev–Trinajstić information content (AvgIpc) is 3.45. The Hall–Kier alpha value is -3.80. The lowest BCUT2D eigenvalue weighted by Crippen LogP contribution is -2.41. The highest BCUT2D eigenvalue weighted by atomic mass is 16.6. The van der Waals surface area contributed by atoms with Gasteiger partial charge in [-0.1, -0.05) is 74.5 Å². The monoisotopic (exact) mass is 486 g/mol. The molecule has 0 saturated heterocycles. The molecule has 3 unspecified atom stereocenters. The fourth-order valence-electron chi connectivity index (χ4n) is 7.09. The van der Waals surface area contributed by atoms with Crippen molar-refractivity contribution in [2.24, 2.45) is 7.05 Å². The van der Waals surface area contributed by atoms with Gasteiger partial charge < -0.3 is 14.4 Å². The number of aryl methyl sites for hydroxylation is 1. The molecule has 2 aliphatic rings. The first kappa shape index (κ1) is 21.3. The molecule has 1 fully saturated rings. The molecule has 4 aromatic carbocycles. The minimum Gasteiger partial charge on any atom is -0.362 e. The van der Waals surface area contributed by atoms with Crippen molar-refractivity contribution in [2.45, 2.75) is 37.5 Å². The van der Waals surface area contributed by atoms with E-state index in [0.717, 1.165) is 22.2 Å². The maximum absolute atomic E-state index is 11.7. The maximum Gasteiger partial charge on any atom is 0.289 e. The van der Waals surface area contributed by atoms with Crippen LogP contribution in [0.5, 0.6) is 0 Å². The third-order valence-electron chi connectivity index (χ3n) is 8.86. The normalized spacial score (nSPS) is 22.1. The molecule has 0 spiro atoms. The number of aliphatic hydroxyl groups is 1. The van der Waals surface area contributed by atoms with Crippen molar-refractivity contribution in [3.05, 3.63) is 84.2 Å². The highest BCUT2D eigenvalue weighted by Crippen LogP contribution is 2.64. The third-order valence-corrected chi connectivity index (χ3v) is 8.86. The smallest absolute Gasteiger partial charge is 0.289 e. The summed E-state index contributed by atoms with van der Waals surface area (Å²) in [4.78, 5) is 4.97. The van der Waals surface area contributed by atoms with E-state index in [4.69, 9.17) is 9.72 Å². The Labute approximate surface area is 214 Å². The van der Waals surface area contributed by atoms with Gasteiger partial charge in [0.2, 0.25) is 5.79 Å². The Morgan fingerprint density at radius 3 is 2.46 bits per heavy atom. The van der Waals surface area contributed by atoms with Crippen LogP contribution in [0, 0.1) is 0 Å². The summed E-state index contributed by atoms with van der Waals surface area (Å²) in [5.74, 6) is -1.04. The number of fused-ring (bicyclic) bond motifs is 14. The Morgan fingerprint density at radius 2 is 1.70 bits per heavy atom. The minimum atomic E-state index is -1.26. The summed E-state index contributed by atoms with van der Waals surface area (Å²) in [6.45, 7) is 4.48. The summed E-state index contributed by atoms with van der Waals surface area (Å²) >= 11 is 0. The molecule has 182 valence electrons. The second-order valence-electron chi connectivity index (χ2n) is 10.9. The fraction of sp³-hybridized carbons (Fsp3) is 0.250. The van der Waals surface area contributed by atoms with Crippen LogP contribution in [0.15, 0.2) is 73.1 Å². The summed E-state index contributed by atoms with van der Waals surface area (Å²) < 4.78 is 10.2. The third kappa shape index (κ3) is 2.46. The van der Waals surface area contributed by atoms with E-state index < -0.39 is 5.79 Å². The highest BCUT2D eigenvalue weighted by molar-refractivity contribution is 6.24. The minimum absolute atomic E-state index is 0.141. The highest BCUT2D eigenvalue weighted by Gasteiger charge is 2.73. The zero-order chi connectivity index (χ0) is 25.2. The summed E-state index contributed by atoms with van der Waals surface area (Å²) in [7, 11) is 3.71. The molecule has 0 radical (unpaired) electrons. The molecule has 0 bridgehead atoms. The first-order valence-corrected chi connectivity index (χ1v) is 13.0. The van der Waals surface area contributed by atoms with Gasteiger partial charge in [-0.15, -0.1) is 0 Å². The van der Waals surface area contributed by atoms with Crippen molar-refractivity contribution in [1.29, 1.82) is 0 Å². The van der Waals surface area contributed by atoms with Gasteiger partial charge in [-0.2, -0.15) is 0 Å². The molecule has 37 heavy (non-hydrogen) atoms. The van der Waals surface area contributed by atoms with Crippen molar-refractivity contribution < 1.29 is 14.4 Å². The van der Waals surface area contributed by atoms with Gasteiger partial charge in [-0.05, 0) is 49.6 Å². The molecular weight excluding hydrogens is 458 g/mol. The summed E-state index contributed by atoms with van der Waals surface area (Å²) in [5, 5.41) is 18.9. The lowest BCUT2D eigenvalue weighted by atomic mass is 9.84. The molecule has 5 nitrogen and oxygen atoms in total. The number of aromatic nitrogens is 3. The molecule has 3 heterocycles. The van der Waals surface area contributed by atoms with Gasteiger partial charge in [0.05, 0.1) is 11.4 Å². The standard InChI is InChI=1S/C32H28N3O2/c1-17(2)22-15-23-25(21-12-8-7-11-20(21)22)29-27-26-19-10-6-5-9-18(19)13-14-24(26)34(3)31(27)33-16-35(29)30-28(23)32(30,36)37-4/h5-17,28,30,36H,1-4H3/q+1. The van der Waals surface area contributed by atoms with E-state index in [9.17, 15) is 5.11 Å². The zero-order valence-electron chi connectivity index (χ0n) is 21.4. The van der Waals surface area contributed by atoms with E-state index in [1.54, 1.807) is 7.11 Å². The Bertz CT molecular complexity index is 1950. The topological polar surface area (TPSA) is 51.2 Å². The molecule has 8 rings (SSSR count). The number of methoxy groups -OCH3 is 1. The number of rotatable bonds is 2. The Balaban J connectivity index is 1.64. The average molecular weight is 487 g/mol. The summed E-state index contributed by atoms with van der Waals surface area (Å²) in [6.07, 6.45) is 1.90. The number of nitrogens with zero attached hydrogens (tertiary/aromatic N) is 3. The molecule has 2 aromatic heterocycles. The molecule has 0 amide bonds. The van der Waals surface area contributed by atoms with Crippen LogP contribution in [0.25, 0.3) is 54.7 Å². The van der Waals surface area contributed by atoms with Crippen molar-refractivity contribution in [3.63, 3.8) is 0 Å². The Morgan fingerprint density at radius 1 is 0.973 bits per heavy atom. The SMILES string of the molecule is COC1(O)C2c3cc(C(C)C)c4ccccc4c3-c3c4c5c6ccccc6ccc5n(C)c4nc[n+]3C21. The molecule has 1 aliphatic heterocycles. The largest absolute Gasteiger partial charge is 0.362 e. The molecule has 1 aliphatic carbocycles. The van der Waals surface area contributed by atoms with Crippen molar-refractivity contribution in [2.75, 3.05) is 7.11 Å². The summed E-state index contributed by atoms with van der Waals surface area (Å²) in [5.41, 5.74) is 6.87. The van der Waals surface area contributed by atoms with Gasteiger partial charge in [0.1, 0.15) is 11.1 Å². The molecule has 1 N–H and O–H groups in total. The Kier molecular flexibility index (Phi) is 4.00. The van der Waals surface area contributed by atoms with Crippen LogP contribution in [0.4, 0.5) is 0 Å². The number of hydrogen-bond acceptors (Lipinski definition) is 3. The van der Waals surface area contributed by atoms with Gasteiger partial charge in [0.25, 0.3) is 12.0 Å². The van der Waals surface area contributed by atoms with Crippen LogP contribution in [-0.2, 0) is 11.8 Å². The lowest BCUT2D eigenvalue weighted by Gasteiger charge is -2.22. The van der Waals surface area contributed by atoms with E-state index in [-0.39, 0.29) is 12.0 Å². The fourth-order valence-corrected chi connectivity index (χ4v) is 7.09. The van der Waals surface area contributed by atoms with Crippen molar-refractivity contribution in [3.8, 4) is 11.3 Å². The molecule has 3 atom stereocenters. The molecular formula is C32H28N3O2+. The van der Waals surface area contributed by atoms with Crippen LogP contribution in [0.3, 0.4) is 0 Å². The van der Waals surface area contributed by atoms with Gasteiger partial charge in [-0.25, -0.2) is 4.57 Å². The van der Waals surface area contributed by atoms with Crippen molar-refractivity contribution in [1.82, 2.24) is 9.55 Å². The maximum atomic E-state index is 11.7. The van der Waals surface area contributed by atoms with E-state index >= 15 is 0 Å². The van der Waals surface area contributed by atoms with Crippen molar-refractivity contribution >= 4 is 43.5 Å². The van der Waals surface area contributed by atoms with Gasteiger partial charge in [0, 0.05) is 25.1 Å². The number of benzene rings is 4. The first-order valence-electron chi connectivity index (χ1n) is 13.0. The van der Waals surface area contributed by atoms with Gasteiger partial charge in [-0.3, -0.25) is 0 Å². The molecule has 6 aromatic rings. The second-order valence-corrected chi connectivity index (χ2v) is 10.9. The van der Waals surface area contributed by atoms with E-state index in [2.05, 4.69) is 96.8 Å². The summed E-state index contributed by atoms with van der Waals surface area (Å²) in [6, 6.07) is 23.8. The predicted octanol–water partition coefficient (Wildman–Crippen LogP) is 6.10. The van der Waals surface area contributed by atoms with Gasteiger partial charge in [0.15, 0.2) is 6.04 Å².